The van der Waals surface area contributed by atoms with Gasteiger partial charge in [-0.15, -0.1) is 0 Å². The summed E-state index contributed by atoms with van der Waals surface area (Å²) in [6.07, 6.45) is 4.35. The molecule has 1 amide bonds. The monoisotopic (exact) mass is 241 g/mol. The SMILES string of the molecule is CNC(C)(CCCN1CCCC1(C)C)C(N)=O. The van der Waals surface area contributed by atoms with Gasteiger partial charge < -0.3 is 11.1 Å². The molecule has 0 saturated carbocycles. The molecule has 0 bridgehead atoms. The first kappa shape index (κ1) is 14.5. The summed E-state index contributed by atoms with van der Waals surface area (Å²) in [4.78, 5) is 13.9. The Balaban J connectivity index is 2.39. The van der Waals surface area contributed by atoms with Crippen LogP contribution in [-0.2, 0) is 4.79 Å². The van der Waals surface area contributed by atoms with Crippen LogP contribution in [0.25, 0.3) is 0 Å². The number of amides is 1. The zero-order valence-corrected chi connectivity index (χ0v) is 11.7. The van der Waals surface area contributed by atoms with E-state index in [0.717, 1.165) is 19.4 Å². The number of hydrogen-bond donors (Lipinski definition) is 2. The molecule has 3 N–H and O–H groups in total. The molecule has 17 heavy (non-hydrogen) atoms. The number of hydrogen-bond acceptors (Lipinski definition) is 3. The predicted octanol–water partition coefficient (Wildman–Crippen LogP) is 1.10. The highest BCUT2D eigenvalue weighted by molar-refractivity contribution is 5.84. The van der Waals surface area contributed by atoms with Crippen LogP contribution in [0.15, 0.2) is 0 Å². The Morgan fingerprint density at radius 3 is 2.59 bits per heavy atom. The molecule has 1 atom stereocenters. The van der Waals surface area contributed by atoms with Gasteiger partial charge in [0.25, 0.3) is 0 Å². The average molecular weight is 241 g/mol. The molecular weight excluding hydrogens is 214 g/mol. The Bertz CT molecular complexity index is 278. The number of nitrogens with one attached hydrogen (secondary N) is 1. The maximum atomic E-state index is 11.4. The van der Waals surface area contributed by atoms with Crippen LogP contribution in [0.5, 0.6) is 0 Å². The maximum Gasteiger partial charge on any atom is 0.237 e. The molecule has 1 aliphatic heterocycles. The molecule has 1 aliphatic rings. The lowest BCUT2D eigenvalue weighted by molar-refractivity contribution is -0.123. The van der Waals surface area contributed by atoms with Crippen molar-refractivity contribution in [2.45, 2.75) is 57.5 Å². The molecular formula is C13H27N3O. The minimum atomic E-state index is -0.566. The number of carbonyl (C=O) groups excluding carboxylic acids is 1. The summed E-state index contributed by atoms with van der Waals surface area (Å²) in [5.41, 5.74) is 5.17. The zero-order valence-electron chi connectivity index (χ0n) is 11.7. The predicted molar refractivity (Wildman–Crippen MR) is 70.8 cm³/mol. The first-order chi connectivity index (χ1) is 7.82. The normalized spacial score (nSPS) is 23.5. The van der Waals surface area contributed by atoms with Gasteiger partial charge in [0.2, 0.25) is 5.91 Å². The minimum absolute atomic E-state index is 0.263. The lowest BCUT2D eigenvalue weighted by atomic mass is 9.94. The standard InChI is InChI=1S/C13H27N3O/c1-12(2)7-5-9-16(12)10-6-8-13(3,15-4)11(14)17/h15H,5-10H2,1-4H3,(H2,14,17). The fourth-order valence-corrected chi connectivity index (χ4v) is 2.57. The molecule has 100 valence electrons. The largest absolute Gasteiger partial charge is 0.368 e. The van der Waals surface area contributed by atoms with Crippen molar-refractivity contribution in [1.29, 1.82) is 0 Å². The molecule has 0 aromatic heterocycles. The quantitative estimate of drug-likeness (QED) is 0.732. The second-order valence-corrected chi connectivity index (χ2v) is 5.95. The van der Waals surface area contributed by atoms with Gasteiger partial charge in [0.05, 0.1) is 5.54 Å². The van der Waals surface area contributed by atoms with Crippen molar-refractivity contribution in [3.05, 3.63) is 0 Å². The molecule has 0 spiro atoms. The highest BCUT2D eigenvalue weighted by Crippen LogP contribution is 2.28. The van der Waals surface area contributed by atoms with Crippen molar-refractivity contribution in [2.24, 2.45) is 5.73 Å². The third kappa shape index (κ3) is 3.42. The van der Waals surface area contributed by atoms with Crippen LogP contribution in [0.4, 0.5) is 0 Å². The van der Waals surface area contributed by atoms with Crippen LogP contribution in [0.3, 0.4) is 0 Å². The summed E-state index contributed by atoms with van der Waals surface area (Å²) in [7, 11) is 1.80. The van der Waals surface area contributed by atoms with Crippen LogP contribution < -0.4 is 11.1 Å². The topological polar surface area (TPSA) is 58.4 Å². The number of likely N-dealkylation sites (tertiary alicyclic amines) is 1. The summed E-state index contributed by atoms with van der Waals surface area (Å²) in [6, 6.07) is 0. The van der Waals surface area contributed by atoms with Crippen molar-refractivity contribution in [1.82, 2.24) is 10.2 Å². The van der Waals surface area contributed by atoms with E-state index in [4.69, 9.17) is 5.73 Å². The lowest BCUT2D eigenvalue weighted by Crippen LogP contribution is -2.52. The van der Waals surface area contributed by atoms with E-state index in [0.29, 0.717) is 5.54 Å². The van der Waals surface area contributed by atoms with Gasteiger partial charge in [-0.3, -0.25) is 9.69 Å². The molecule has 4 nitrogen and oxygen atoms in total. The number of carbonyl (C=O) groups is 1. The number of primary amides is 1. The molecule has 0 radical (unpaired) electrons. The highest BCUT2D eigenvalue weighted by Gasteiger charge is 2.33. The fourth-order valence-electron chi connectivity index (χ4n) is 2.57. The molecule has 4 heteroatoms. The lowest BCUT2D eigenvalue weighted by Gasteiger charge is -2.33. The number of nitrogens with zero attached hydrogens (tertiary/aromatic N) is 1. The van der Waals surface area contributed by atoms with Gasteiger partial charge in [-0.2, -0.15) is 0 Å². The molecule has 0 aromatic carbocycles. The first-order valence-electron chi connectivity index (χ1n) is 6.56. The molecule has 0 aromatic rings. The smallest absolute Gasteiger partial charge is 0.237 e. The molecule has 1 fully saturated rings. The van der Waals surface area contributed by atoms with E-state index in [1.807, 2.05) is 6.92 Å². The van der Waals surface area contributed by atoms with Crippen LogP contribution in [-0.4, -0.2) is 42.0 Å². The van der Waals surface area contributed by atoms with E-state index in [1.54, 1.807) is 7.05 Å². The van der Waals surface area contributed by atoms with Crippen molar-refractivity contribution in [3.63, 3.8) is 0 Å². The van der Waals surface area contributed by atoms with E-state index < -0.39 is 5.54 Å². The van der Waals surface area contributed by atoms with Crippen molar-refractivity contribution in [3.8, 4) is 0 Å². The van der Waals surface area contributed by atoms with Gasteiger partial charge in [-0.25, -0.2) is 0 Å². The highest BCUT2D eigenvalue weighted by atomic mass is 16.1. The van der Waals surface area contributed by atoms with Crippen molar-refractivity contribution in [2.75, 3.05) is 20.1 Å². The number of nitrogens with two attached hydrogens (primary N) is 1. The summed E-state index contributed by atoms with van der Waals surface area (Å²) in [5.74, 6) is -0.263. The molecule has 1 unspecified atom stereocenters. The van der Waals surface area contributed by atoms with E-state index in [1.165, 1.54) is 19.4 Å². The number of likely N-dealkylation sites (N-methyl/N-ethyl adjacent to an activating group) is 1. The van der Waals surface area contributed by atoms with Gasteiger partial charge >= 0.3 is 0 Å². The Labute approximate surface area is 105 Å². The molecule has 1 rings (SSSR count). The molecule has 1 saturated heterocycles. The van der Waals surface area contributed by atoms with Crippen LogP contribution in [0, 0.1) is 0 Å². The fraction of sp³-hybridized carbons (Fsp3) is 0.923. The zero-order chi connectivity index (χ0) is 13.1. The van der Waals surface area contributed by atoms with E-state index in [-0.39, 0.29) is 5.91 Å². The van der Waals surface area contributed by atoms with Crippen LogP contribution >= 0.6 is 0 Å². The van der Waals surface area contributed by atoms with Crippen LogP contribution in [0.1, 0.15) is 46.5 Å². The summed E-state index contributed by atoms with van der Waals surface area (Å²) in [5, 5.41) is 3.03. The second-order valence-electron chi connectivity index (χ2n) is 5.95. The van der Waals surface area contributed by atoms with Crippen molar-refractivity contribution < 1.29 is 4.79 Å². The first-order valence-corrected chi connectivity index (χ1v) is 6.56. The van der Waals surface area contributed by atoms with Gasteiger partial charge in [0, 0.05) is 5.54 Å². The van der Waals surface area contributed by atoms with Gasteiger partial charge in [-0.05, 0) is 66.6 Å². The van der Waals surface area contributed by atoms with Gasteiger partial charge in [0.15, 0.2) is 0 Å². The van der Waals surface area contributed by atoms with E-state index in [9.17, 15) is 4.79 Å². The molecule has 1 heterocycles. The minimum Gasteiger partial charge on any atom is -0.368 e. The van der Waals surface area contributed by atoms with Gasteiger partial charge in [0.1, 0.15) is 0 Å². The second kappa shape index (κ2) is 5.36. The Kier molecular flexibility index (Phi) is 4.55. The van der Waals surface area contributed by atoms with E-state index in [2.05, 4.69) is 24.1 Å². The Hall–Kier alpha value is -0.610. The number of rotatable bonds is 6. The average Bonchev–Trinajstić information content (AvgIpc) is 2.57. The third-order valence-electron chi connectivity index (χ3n) is 4.27. The summed E-state index contributed by atoms with van der Waals surface area (Å²) >= 11 is 0. The summed E-state index contributed by atoms with van der Waals surface area (Å²) < 4.78 is 0. The third-order valence-corrected chi connectivity index (χ3v) is 4.27. The molecule has 0 aliphatic carbocycles. The van der Waals surface area contributed by atoms with Crippen molar-refractivity contribution >= 4 is 5.91 Å². The van der Waals surface area contributed by atoms with Gasteiger partial charge in [-0.1, -0.05) is 0 Å². The van der Waals surface area contributed by atoms with Crippen LogP contribution in [0.2, 0.25) is 0 Å². The van der Waals surface area contributed by atoms with E-state index >= 15 is 0 Å². The summed E-state index contributed by atoms with van der Waals surface area (Å²) in [6.45, 7) is 8.71. The maximum absolute atomic E-state index is 11.4. The Morgan fingerprint density at radius 2 is 2.18 bits per heavy atom. The Morgan fingerprint density at radius 1 is 1.53 bits per heavy atom.